The van der Waals surface area contributed by atoms with Gasteiger partial charge in [-0.15, -0.1) is 0 Å². The number of amides is 1. The van der Waals surface area contributed by atoms with Gasteiger partial charge in [0.25, 0.3) is 0 Å². The van der Waals surface area contributed by atoms with E-state index in [4.69, 9.17) is 9.84 Å². The number of carboxylic acid groups (broad SMARTS) is 1. The van der Waals surface area contributed by atoms with Crippen molar-refractivity contribution >= 4 is 17.9 Å². The van der Waals surface area contributed by atoms with Crippen LogP contribution in [-0.2, 0) is 4.74 Å². The van der Waals surface area contributed by atoms with Gasteiger partial charge in [-0.25, -0.2) is 14.6 Å². The number of pyridine rings is 1. The minimum Gasteiger partial charge on any atom is -0.478 e. The third kappa shape index (κ3) is 2.69. The van der Waals surface area contributed by atoms with Crippen LogP contribution in [0.3, 0.4) is 0 Å². The highest BCUT2D eigenvalue weighted by molar-refractivity contribution is 5.91. The average molecular weight is 224 g/mol. The quantitative estimate of drug-likeness (QED) is 0.838. The van der Waals surface area contributed by atoms with Gasteiger partial charge in [0.1, 0.15) is 5.82 Å². The van der Waals surface area contributed by atoms with Crippen LogP contribution in [-0.4, -0.2) is 35.8 Å². The molecule has 16 heavy (non-hydrogen) atoms. The zero-order valence-corrected chi connectivity index (χ0v) is 9.01. The lowest BCUT2D eigenvalue weighted by Crippen LogP contribution is -2.28. The summed E-state index contributed by atoms with van der Waals surface area (Å²) >= 11 is 0. The van der Waals surface area contributed by atoms with Crippen LogP contribution in [0, 0.1) is 0 Å². The Labute approximate surface area is 92.5 Å². The molecule has 1 aromatic rings. The van der Waals surface area contributed by atoms with Crippen molar-refractivity contribution in [3.05, 3.63) is 23.9 Å². The van der Waals surface area contributed by atoms with Gasteiger partial charge in [-0.05, 0) is 19.1 Å². The maximum absolute atomic E-state index is 11.3. The normalized spacial score (nSPS) is 9.62. The third-order valence-corrected chi connectivity index (χ3v) is 1.88. The average Bonchev–Trinajstić information content (AvgIpc) is 2.28. The molecule has 0 spiro atoms. The molecule has 0 radical (unpaired) electrons. The minimum atomic E-state index is -1.07. The predicted molar refractivity (Wildman–Crippen MR) is 56.6 cm³/mol. The van der Waals surface area contributed by atoms with Crippen molar-refractivity contribution in [1.82, 2.24) is 4.98 Å². The van der Waals surface area contributed by atoms with Gasteiger partial charge in [-0.3, -0.25) is 4.90 Å². The Morgan fingerprint density at radius 1 is 1.56 bits per heavy atom. The Hall–Kier alpha value is -2.11. The number of hydrogen-bond donors (Lipinski definition) is 1. The molecule has 1 amide bonds. The largest absolute Gasteiger partial charge is 0.478 e. The number of carboxylic acids is 1. The molecule has 1 heterocycles. The second-order valence-corrected chi connectivity index (χ2v) is 2.97. The summed E-state index contributed by atoms with van der Waals surface area (Å²) in [5.41, 5.74) is 0.0705. The van der Waals surface area contributed by atoms with E-state index in [2.05, 4.69) is 4.98 Å². The summed E-state index contributed by atoms with van der Waals surface area (Å²) in [5.74, 6) is -0.834. The standard InChI is InChI=1S/C10H12N2O4/c1-3-16-10(15)12(2)8-6-7(9(13)14)4-5-11-8/h4-6H,3H2,1-2H3,(H,13,14). The van der Waals surface area contributed by atoms with Crippen LogP contribution >= 0.6 is 0 Å². The van der Waals surface area contributed by atoms with Crippen molar-refractivity contribution in [3.8, 4) is 0 Å². The van der Waals surface area contributed by atoms with E-state index < -0.39 is 12.1 Å². The van der Waals surface area contributed by atoms with Crippen LogP contribution < -0.4 is 4.90 Å². The number of hydrogen-bond acceptors (Lipinski definition) is 4. The van der Waals surface area contributed by atoms with Crippen molar-refractivity contribution in [1.29, 1.82) is 0 Å². The number of ether oxygens (including phenoxy) is 1. The summed E-state index contributed by atoms with van der Waals surface area (Å²) < 4.78 is 4.76. The number of nitrogens with zero attached hydrogens (tertiary/aromatic N) is 2. The van der Waals surface area contributed by atoms with Gasteiger partial charge in [0, 0.05) is 13.2 Å². The fraction of sp³-hybridized carbons (Fsp3) is 0.300. The molecule has 1 aromatic heterocycles. The number of carbonyl (C=O) groups is 2. The topological polar surface area (TPSA) is 79.7 Å². The number of carbonyl (C=O) groups excluding carboxylic acids is 1. The third-order valence-electron chi connectivity index (χ3n) is 1.88. The van der Waals surface area contributed by atoms with Gasteiger partial charge in [0.15, 0.2) is 0 Å². The van der Waals surface area contributed by atoms with Crippen LogP contribution in [0.15, 0.2) is 18.3 Å². The first-order chi connectivity index (χ1) is 7.56. The highest BCUT2D eigenvalue weighted by atomic mass is 16.6. The Balaban J connectivity index is 2.91. The number of aromatic carboxylic acids is 1. The van der Waals surface area contributed by atoms with Crippen LogP contribution in [0.25, 0.3) is 0 Å². The first-order valence-corrected chi connectivity index (χ1v) is 4.66. The maximum Gasteiger partial charge on any atom is 0.415 e. The van der Waals surface area contributed by atoms with E-state index in [1.54, 1.807) is 6.92 Å². The van der Waals surface area contributed by atoms with Gasteiger partial charge in [0.2, 0.25) is 0 Å². The van der Waals surface area contributed by atoms with E-state index in [1.165, 1.54) is 25.4 Å². The zero-order chi connectivity index (χ0) is 12.1. The predicted octanol–water partition coefficient (Wildman–Crippen LogP) is 1.37. The molecule has 1 N–H and O–H groups in total. The summed E-state index contributed by atoms with van der Waals surface area (Å²) in [5, 5.41) is 8.77. The lowest BCUT2D eigenvalue weighted by Gasteiger charge is -2.15. The SMILES string of the molecule is CCOC(=O)N(C)c1cc(C(=O)O)ccn1. The molecule has 0 unspecified atom stereocenters. The van der Waals surface area contributed by atoms with Gasteiger partial charge < -0.3 is 9.84 Å². The molecular formula is C10H12N2O4. The van der Waals surface area contributed by atoms with Crippen LogP contribution in [0.5, 0.6) is 0 Å². The first kappa shape index (κ1) is 12.0. The molecule has 0 aliphatic carbocycles. The van der Waals surface area contributed by atoms with Gasteiger partial charge in [-0.1, -0.05) is 0 Å². The number of rotatable bonds is 3. The molecule has 0 aliphatic heterocycles. The molecule has 0 saturated carbocycles. The molecule has 86 valence electrons. The van der Waals surface area contributed by atoms with Crippen molar-refractivity contribution in [3.63, 3.8) is 0 Å². The Morgan fingerprint density at radius 3 is 2.81 bits per heavy atom. The lowest BCUT2D eigenvalue weighted by molar-refractivity contribution is 0.0696. The van der Waals surface area contributed by atoms with Gasteiger partial charge >= 0.3 is 12.1 Å². The van der Waals surface area contributed by atoms with Crippen molar-refractivity contribution in [2.24, 2.45) is 0 Å². The molecule has 0 aliphatic rings. The Kier molecular flexibility index (Phi) is 3.82. The van der Waals surface area contributed by atoms with Crippen LogP contribution in [0.2, 0.25) is 0 Å². The zero-order valence-electron chi connectivity index (χ0n) is 9.01. The van der Waals surface area contributed by atoms with Crippen LogP contribution in [0.1, 0.15) is 17.3 Å². The van der Waals surface area contributed by atoms with E-state index in [9.17, 15) is 9.59 Å². The number of aromatic nitrogens is 1. The van der Waals surface area contributed by atoms with Crippen molar-refractivity contribution in [2.75, 3.05) is 18.6 Å². The fourth-order valence-corrected chi connectivity index (χ4v) is 1.05. The van der Waals surface area contributed by atoms with E-state index in [0.717, 1.165) is 4.90 Å². The van der Waals surface area contributed by atoms with Crippen molar-refractivity contribution < 1.29 is 19.4 Å². The second-order valence-electron chi connectivity index (χ2n) is 2.97. The highest BCUT2D eigenvalue weighted by Crippen LogP contribution is 2.12. The molecular weight excluding hydrogens is 212 g/mol. The summed E-state index contributed by atoms with van der Waals surface area (Å²) in [6, 6.07) is 2.66. The molecule has 0 fully saturated rings. The minimum absolute atomic E-state index is 0.0705. The van der Waals surface area contributed by atoms with Crippen LogP contribution in [0.4, 0.5) is 10.6 Å². The van der Waals surface area contributed by atoms with Crippen molar-refractivity contribution in [2.45, 2.75) is 6.92 Å². The van der Waals surface area contributed by atoms with E-state index >= 15 is 0 Å². The molecule has 1 rings (SSSR count). The maximum atomic E-state index is 11.3. The molecule has 0 atom stereocenters. The molecule has 0 bridgehead atoms. The lowest BCUT2D eigenvalue weighted by atomic mass is 10.2. The monoisotopic (exact) mass is 224 g/mol. The van der Waals surface area contributed by atoms with E-state index in [0.29, 0.717) is 0 Å². The second kappa shape index (κ2) is 5.11. The Morgan fingerprint density at radius 2 is 2.25 bits per heavy atom. The van der Waals surface area contributed by atoms with Gasteiger partial charge in [0.05, 0.1) is 12.2 Å². The first-order valence-electron chi connectivity index (χ1n) is 4.66. The fourth-order valence-electron chi connectivity index (χ4n) is 1.05. The smallest absolute Gasteiger partial charge is 0.415 e. The summed E-state index contributed by atoms with van der Waals surface area (Å²) in [7, 11) is 1.46. The highest BCUT2D eigenvalue weighted by Gasteiger charge is 2.14. The summed E-state index contributed by atoms with van der Waals surface area (Å²) in [4.78, 5) is 27.1. The number of anilines is 1. The molecule has 0 aromatic carbocycles. The molecule has 0 saturated heterocycles. The Bertz CT molecular complexity index is 406. The van der Waals surface area contributed by atoms with Gasteiger partial charge in [-0.2, -0.15) is 0 Å². The molecule has 6 nitrogen and oxygen atoms in total. The van der Waals surface area contributed by atoms with E-state index in [1.807, 2.05) is 0 Å². The molecule has 6 heteroatoms. The summed E-state index contributed by atoms with van der Waals surface area (Å²) in [6.07, 6.45) is 0.756. The van der Waals surface area contributed by atoms with E-state index in [-0.39, 0.29) is 18.0 Å². The summed E-state index contributed by atoms with van der Waals surface area (Å²) in [6.45, 7) is 1.94.